The summed E-state index contributed by atoms with van der Waals surface area (Å²) in [6.45, 7) is 2.04. The van der Waals surface area contributed by atoms with Crippen LogP contribution in [0.1, 0.15) is 32.6 Å². The van der Waals surface area contributed by atoms with E-state index in [1.54, 1.807) is 0 Å². The molecule has 0 aromatic carbocycles. The number of ether oxygens (including phenoxy) is 4. The molecule has 2 heterocycles. The highest BCUT2D eigenvalue weighted by Crippen LogP contribution is 2.33. The number of amides is 1. The van der Waals surface area contributed by atoms with Crippen LogP contribution in [0.5, 0.6) is 0 Å². The number of carbonyl (C=O) groups excluding carboxylic acids is 1. The Morgan fingerprint density at radius 3 is 2.26 bits per heavy atom. The summed E-state index contributed by atoms with van der Waals surface area (Å²) in [4.78, 5) is 12.7. The van der Waals surface area contributed by atoms with Crippen LogP contribution in [0.25, 0.3) is 0 Å². The minimum absolute atomic E-state index is 0.0247. The molecule has 0 spiro atoms. The van der Waals surface area contributed by atoms with Gasteiger partial charge < -0.3 is 87.8 Å². The van der Waals surface area contributed by atoms with E-state index < -0.39 is 97.1 Å². The highest BCUT2D eigenvalue weighted by Gasteiger charge is 2.53. The van der Waals surface area contributed by atoms with Gasteiger partial charge in [0.15, 0.2) is 12.6 Å². The predicted molar refractivity (Wildman–Crippen MR) is 159 cm³/mol. The average Bonchev–Trinajstić information content (AvgIpc) is 2.98. The molecule has 2 saturated carbocycles. The summed E-state index contributed by atoms with van der Waals surface area (Å²) >= 11 is 0. The number of aliphatic hydroxyl groups is 7. The van der Waals surface area contributed by atoms with Crippen molar-refractivity contribution >= 4 is 5.91 Å². The smallest absolute Gasteiger partial charge is 0.249 e. The van der Waals surface area contributed by atoms with Crippen molar-refractivity contribution in [1.82, 2.24) is 16.0 Å². The number of aliphatic hydroxyl groups excluding tert-OH is 6. The van der Waals surface area contributed by atoms with E-state index in [0.29, 0.717) is 12.5 Å². The Balaban J connectivity index is 1.49. The molecule has 2 saturated heterocycles. The third kappa shape index (κ3) is 8.51. The second-order valence-electron chi connectivity index (χ2n) is 13.4. The van der Waals surface area contributed by atoms with Gasteiger partial charge in [0, 0.05) is 18.6 Å². The van der Waals surface area contributed by atoms with E-state index in [2.05, 4.69) is 16.0 Å². The van der Waals surface area contributed by atoms with E-state index >= 15 is 0 Å². The van der Waals surface area contributed by atoms with Gasteiger partial charge in [-0.3, -0.25) is 4.79 Å². The molecule has 2 aliphatic heterocycles. The monoisotopic (exact) mass is 666 g/mol. The lowest BCUT2D eigenvalue weighted by molar-refractivity contribution is -0.331. The molecular weight excluding hydrogens is 612 g/mol. The third-order valence-corrected chi connectivity index (χ3v) is 9.53. The minimum Gasteiger partial charge on any atom is -0.388 e. The van der Waals surface area contributed by atoms with E-state index in [1.807, 2.05) is 0 Å². The Hall–Kier alpha value is -1.17. The quantitative estimate of drug-likeness (QED) is 0.0868. The van der Waals surface area contributed by atoms with Crippen LogP contribution < -0.4 is 33.2 Å². The Morgan fingerprint density at radius 2 is 1.63 bits per heavy atom. The Bertz CT molecular complexity index is 981. The number of nitrogens with one attached hydrogen (secondary N) is 3. The van der Waals surface area contributed by atoms with Crippen molar-refractivity contribution in [2.45, 2.75) is 130 Å². The first-order valence-electron chi connectivity index (χ1n) is 16.0. The molecule has 18 nitrogen and oxygen atoms in total. The number of hydrogen-bond donors (Lipinski definition) is 13. The molecule has 1 amide bonds. The van der Waals surface area contributed by atoms with E-state index in [4.69, 9.17) is 36.1 Å². The fourth-order valence-corrected chi connectivity index (χ4v) is 6.76. The maximum atomic E-state index is 12.7. The highest BCUT2D eigenvalue weighted by atomic mass is 16.7. The Kier molecular flexibility index (Phi) is 13.1. The molecule has 46 heavy (non-hydrogen) atoms. The summed E-state index contributed by atoms with van der Waals surface area (Å²) in [5.41, 5.74) is 16.3. The van der Waals surface area contributed by atoms with E-state index in [9.17, 15) is 40.5 Å². The van der Waals surface area contributed by atoms with Gasteiger partial charge in [-0.1, -0.05) is 0 Å². The van der Waals surface area contributed by atoms with Gasteiger partial charge in [0.05, 0.1) is 18.7 Å². The van der Waals surface area contributed by atoms with Crippen molar-refractivity contribution in [2.24, 2.45) is 23.1 Å². The van der Waals surface area contributed by atoms with Crippen LogP contribution >= 0.6 is 0 Å². The Labute approximate surface area is 267 Å². The summed E-state index contributed by atoms with van der Waals surface area (Å²) in [7, 11) is 1.54. The number of carbonyl (C=O) groups is 1. The van der Waals surface area contributed by atoms with Crippen LogP contribution in [-0.4, -0.2) is 172 Å². The minimum atomic E-state index is -1.71. The van der Waals surface area contributed by atoms with Gasteiger partial charge in [0.25, 0.3) is 0 Å². The summed E-state index contributed by atoms with van der Waals surface area (Å²) < 4.78 is 23.5. The third-order valence-electron chi connectivity index (χ3n) is 9.53. The van der Waals surface area contributed by atoms with Crippen molar-refractivity contribution in [3.63, 3.8) is 0 Å². The zero-order valence-corrected chi connectivity index (χ0v) is 26.3. The highest BCUT2D eigenvalue weighted by molar-refractivity contribution is 5.80. The maximum absolute atomic E-state index is 12.7. The summed E-state index contributed by atoms with van der Waals surface area (Å²) in [5.74, 6) is -0.400. The first kappa shape index (κ1) is 37.6. The van der Waals surface area contributed by atoms with E-state index in [1.165, 1.54) is 14.0 Å². The summed E-state index contributed by atoms with van der Waals surface area (Å²) in [6.07, 6.45) is -14.1. The summed E-state index contributed by atoms with van der Waals surface area (Å²) in [5, 5.41) is 83.9. The largest absolute Gasteiger partial charge is 0.388 e. The Morgan fingerprint density at radius 1 is 0.957 bits per heavy atom. The lowest BCUT2D eigenvalue weighted by Crippen LogP contribution is -2.70. The van der Waals surface area contributed by atoms with Gasteiger partial charge in [0.1, 0.15) is 60.5 Å². The number of nitrogens with two attached hydrogens (primary N) is 3. The predicted octanol–water partition coefficient (Wildman–Crippen LogP) is -6.77. The zero-order valence-electron chi connectivity index (χ0n) is 26.3. The van der Waals surface area contributed by atoms with Crippen LogP contribution in [0.4, 0.5) is 0 Å². The number of rotatable bonds is 13. The zero-order chi connectivity index (χ0) is 33.9. The molecule has 18 heteroatoms. The maximum Gasteiger partial charge on any atom is 0.249 e. The van der Waals surface area contributed by atoms with Crippen LogP contribution in [0, 0.1) is 5.92 Å². The standard InChI is InChI=1S/C28H54N6O12/c1-28(42)10-43-26(21(40)24(28)32-2)46-23-14(34-25(41)15(35)3-4-29)7-13(31)22(20(23)39)45-27-19(38)18(37)17(36)16(44-27)9-33-8-11-5-12(30)6-11/h11-24,26-27,32-33,35-40,42H,3-10,29-31H2,1-2H3,(H,34,41). The molecule has 2 aliphatic carbocycles. The molecule has 16 N–H and O–H groups in total. The second kappa shape index (κ2) is 16.0. The molecule has 268 valence electrons. The first-order valence-corrected chi connectivity index (χ1v) is 16.0. The summed E-state index contributed by atoms with van der Waals surface area (Å²) in [6, 6.07) is -2.72. The SMILES string of the molecule is CNC1C(O)C(OC2C(NC(=O)C(O)CCN)CC(N)C(OC3OC(CNCC4CC(N)C4)C(O)C(O)C3O)C2O)OCC1(C)O. The van der Waals surface area contributed by atoms with Crippen LogP contribution in [0.15, 0.2) is 0 Å². The van der Waals surface area contributed by atoms with Crippen molar-refractivity contribution in [2.75, 3.05) is 33.3 Å². The number of likely N-dealkylation sites (N-methyl/N-ethyl adjacent to an activating group) is 1. The molecule has 15 atom stereocenters. The molecular formula is C28H54N6O12. The first-order chi connectivity index (χ1) is 21.7. The molecule has 4 fully saturated rings. The van der Waals surface area contributed by atoms with E-state index in [-0.39, 0.29) is 38.6 Å². The molecule has 4 aliphatic rings. The van der Waals surface area contributed by atoms with Gasteiger partial charge in [-0.2, -0.15) is 0 Å². The van der Waals surface area contributed by atoms with E-state index in [0.717, 1.165) is 12.8 Å². The molecule has 15 unspecified atom stereocenters. The molecule has 0 aromatic rings. The molecule has 0 aromatic heterocycles. The molecule has 0 bridgehead atoms. The fraction of sp³-hybridized carbons (Fsp3) is 0.964. The van der Waals surface area contributed by atoms with Crippen molar-refractivity contribution in [1.29, 1.82) is 0 Å². The van der Waals surface area contributed by atoms with Gasteiger partial charge in [-0.05, 0) is 58.7 Å². The van der Waals surface area contributed by atoms with Crippen molar-refractivity contribution in [3.05, 3.63) is 0 Å². The average molecular weight is 667 g/mol. The van der Waals surface area contributed by atoms with Gasteiger partial charge in [-0.25, -0.2) is 0 Å². The van der Waals surface area contributed by atoms with Crippen molar-refractivity contribution < 1.29 is 59.5 Å². The number of hydrogen-bond acceptors (Lipinski definition) is 17. The van der Waals surface area contributed by atoms with Gasteiger partial charge in [0.2, 0.25) is 5.91 Å². The lowest BCUT2D eigenvalue weighted by atomic mass is 9.81. The molecule has 0 radical (unpaired) electrons. The van der Waals surface area contributed by atoms with Crippen LogP contribution in [0.3, 0.4) is 0 Å². The van der Waals surface area contributed by atoms with Gasteiger partial charge >= 0.3 is 0 Å². The normalized spacial score (nSPS) is 47.2. The van der Waals surface area contributed by atoms with Crippen LogP contribution in [-0.2, 0) is 23.7 Å². The fourth-order valence-electron chi connectivity index (χ4n) is 6.76. The van der Waals surface area contributed by atoms with Crippen molar-refractivity contribution in [3.8, 4) is 0 Å². The topological polar surface area (TPSA) is 310 Å². The lowest BCUT2D eigenvalue weighted by Gasteiger charge is -2.49. The molecule has 4 rings (SSSR count). The van der Waals surface area contributed by atoms with Gasteiger partial charge in [-0.15, -0.1) is 0 Å². The second-order valence-corrected chi connectivity index (χ2v) is 13.4. The van der Waals surface area contributed by atoms with Crippen LogP contribution in [0.2, 0.25) is 0 Å².